The van der Waals surface area contributed by atoms with Gasteiger partial charge in [-0.25, -0.2) is 19.9 Å². The van der Waals surface area contributed by atoms with Gasteiger partial charge in [-0.15, -0.1) is 0 Å². The second kappa shape index (κ2) is 9.39. The molecule has 0 spiro atoms. The Labute approximate surface area is 186 Å². The van der Waals surface area contributed by atoms with E-state index in [0.717, 1.165) is 18.5 Å². The van der Waals surface area contributed by atoms with E-state index in [9.17, 15) is 4.79 Å². The lowest BCUT2D eigenvalue weighted by Crippen LogP contribution is -2.49. The monoisotopic (exact) mass is 437 g/mol. The van der Waals surface area contributed by atoms with Crippen LogP contribution in [0.4, 0.5) is 0 Å². The van der Waals surface area contributed by atoms with Crippen molar-refractivity contribution in [3.63, 3.8) is 0 Å². The van der Waals surface area contributed by atoms with E-state index in [1.807, 2.05) is 24.0 Å². The van der Waals surface area contributed by atoms with Crippen molar-refractivity contribution in [2.24, 2.45) is 5.92 Å². The number of aryl methyl sites for hydroxylation is 1. The molecule has 1 saturated heterocycles. The van der Waals surface area contributed by atoms with E-state index in [4.69, 9.17) is 16.3 Å². The third-order valence-corrected chi connectivity index (χ3v) is 5.60. The van der Waals surface area contributed by atoms with E-state index < -0.39 is 0 Å². The van der Waals surface area contributed by atoms with Crippen molar-refractivity contribution in [1.29, 1.82) is 0 Å². The molecule has 0 N–H and O–H groups in total. The fourth-order valence-electron chi connectivity index (χ4n) is 3.75. The lowest BCUT2D eigenvalue weighted by atomic mass is 9.93. The maximum atomic E-state index is 13.7. The lowest BCUT2D eigenvalue weighted by molar-refractivity contribution is 0.0439. The number of hydrogen-bond acceptors (Lipinski definition) is 6. The van der Waals surface area contributed by atoms with Crippen LogP contribution in [0.25, 0.3) is 11.4 Å². The summed E-state index contributed by atoms with van der Waals surface area (Å²) in [6.07, 6.45) is 6.79. The molecule has 31 heavy (non-hydrogen) atoms. The van der Waals surface area contributed by atoms with Crippen LogP contribution in [0, 0.1) is 12.8 Å². The smallest absolute Gasteiger partial charge is 0.273 e. The van der Waals surface area contributed by atoms with Crippen molar-refractivity contribution in [3.8, 4) is 17.3 Å². The maximum Gasteiger partial charge on any atom is 0.273 e. The van der Waals surface area contributed by atoms with Crippen molar-refractivity contribution < 1.29 is 9.53 Å². The minimum Gasteiger partial charge on any atom is -0.475 e. The molecule has 8 heteroatoms. The van der Waals surface area contributed by atoms with E-state index >= 15 is 0 Å². The number of ether oxygens (including phenoxy) is 1. The summed E-state index contributed by atoms with van der Waals surface area (Å²) in [4.78, 5) is 33.0. The molecule has 0 bridgehead atoms. The Hall–Kier alpha value is -3.06. The van der Waals surface area contributed by atoms with Crippen LogP contribution < -0.4 is 4.74 Å². The third kappa shape index (κ3) is 4.99. The first-order valence-corrected chi connectivity index (χ1v) is 10.7. The van der Waals surface area contributed by atoms with E-state index in [2.05, 4.69) is 26.9 Å². The molecule has 0 aromatic carbocycles. The summed E-state index contributed by atoms with van der Waals surface area (Å²) >= 11 is 6.03. The number of amides is 1. The fraction of sp³-hybridized carbons (Fsp3) is 0.348. The Morgan fingerprint density at radius 3 is 2.74 bits per heavy atom. The molecular formula is C23H24ClN5O2. The number of rotatable bonds is 5. The van der Waals surface area contributed by atoms with Gasteiger partial charge in [0.1, 0.15) is 12.3 Å². The van der Waals surface area contributed by atoms with Crippen LogP contribution in [-0.4, -0.2) is 49.9 Å². The van der Waals surface area contributed by atoms with Gasteiger partial charge in [-0.1, -0.05) is 18.5 Å². The second-order valence-corrected chi connectivity index (χ2v) is 8.27. The molecule has 160 valence electrons. The van der Waals surface area contributed by atoms with Gasteiger partial charge in [0.2, 0.25) is 5.88 Å². The average Bonchev–Trinajstić information content (AvgIpc) is 2.78. The van der Waals surface area contributed by atoms with E-state index in [-0.39, 0.29) is 11.9 Å². The molecule has 1 amide bonds. The maximum absolute atomic E-state index is 13.7. The molecule has 0 saturated carbocycles. The quantitative estimate of drug-likeness (QED) is 0.594. The van der Waals surface area contributed by atoms with Crippen LogP contribution in [0.15, 0.2) is 48.9 Å². The molecule has 1 aliphatic heterocycles. The zero-order valence-corrected chi connectivity index (χ0v) is 18.3. The van der Waals surface area contributed by atoms with Gasteiger partial charge in [0.25, 0.3) is 5.91 Å². The number of pyridine rings is 2. The Kier molecular flexibility index (Phi) is 6.42. The van der Waals surface area contributed by atoms with Crippen LogP contribution >= 0.6 is 11.6 Å². The van der Waals surface area contributed by atoms with Crippen LogP contribution in [0.3, 0.4) is 0 Å². The largest absolute Gasteiger partial charge is 0.475 e. The summed E-state index contributed by atoms with van der Waals surface area (Å²) in [7, 11) is 0. The number of likely N-dealkylation sites (tertiary alicyclic amines) is 1. The van der Waals surface area contributed by atoms with Crippen LogP contribution in [0.2, 0.25) is 5.02 Å². The highest BCUT2D eigenvalue weighted by atomic mass is 35.5. The molecule has 1 unspecified atom stereocenters. The Morgan fingerprint density at radius 2 is 1.97 bits per heavy atom. The van der Waals surface area contributed by atoms with Crippen molar-refractivity contribution in [2.45, 2.75) is 32.7 Å². The zero-order valence-electron chi connectivity index (χ0n) is 17.5. The molecule has 0 aliphatic carbocycles. The molecule has 7 nitrogen and oxygen atoms in total. The van der Waals surface area contributed by atoms with Crippen LogP contribution in [0.5, 0.6) is 5.88 Å². The SMILES string of the molecule is Cc1ccc(-c2ncccn2)c(C(=O)N2C[C@H](C)CCC2COc2cc(Cl)ccn2)n1. The summed E-state index contributed by atoms with van der Waals surface area (Å²) in [5.41, 5.74) is 1.76. The third-order valence-electron chi connectivity index (χ3n) is 5.37. The van der Waals surface area contributed by atoms with E-state index in [0.29, 0.717) is 47.1 Å². The first-order chi connectivity index (χ1) is 15.0. The van der Waals surface area contributed by atoms with Crippen LogP contribution in [0.1, 0.15) is 35.9 Å². The molecular weight excluding hydrogens is 414 g/mol. The number of aromatic nitrogens is 4. The number of piperidine rings is 1. The summed E-state index contributed by atoms with van der Waals surface area (Å²) in [6, 6.07) is 8.76. The van der Waals surface area contributed by atoms with Gasteiger partial charge in [-0.05, 0) is 49.9 Å². The number of hydrogen-bond donors (Lipinski definition) is 0. The molecule has 4 heterocycles. The predicted molar refractivity (Wildman–Crippen MR) is 118 cm³/mol. The fourth-order valence-corrected chi connectivity index (χ4v) is 3.90. The van der Waals surface area contributed by atoms with Gasteiger partial charge in [0.15, 0.2) is 5.82 Å². The lowest BCUT2D eigenvalue weighted by Gasteiger charge is -2.38. The zero-order chi connectivity index (χ0) is 21.8. The summed E-state index contributed by atoms with van der Waals surface area (Å²) in [6.45, 7) is 5.01. The van der Waals surface area contributed by atoms with Crippen molar-refractivity contribution >= 4 is 17.5 Å². The molecule has 4 rings (SSSR count). The highest BCUT2D eigenvalue weighted by Gasteiger charge is 2.33. The van der Waals surface area contributed by atoms with Gasteiger partial charge in [0, 0.05) is 41.9 Å². The van der Waals surface area contributed by atoms with Crippen LogP contribution in [-0.2, 0) is 0 Å². The number of carbonyl (C=O) groups excluding carboxylic acids is 1. The van der Waals surface area contributed by atoms with Gasteiger partial charge >= 0.3 is 0 Å². The summed E-state index contributed by atoms with van der Waals surface area (Å²) < 4.78 is 5.88. The standard InChI is InChI=1S/C23H24ClN5O2/c1-15-4-6-18(14-31-20-12-17(24)8-11-25-20)29(13-15)23(30)21-19(7-5-16(2)28-21)22-26-9-3-10-27-22/h3,5,7-12,15,18H,4,6,13-14H2,1-2H3/t15-,18?/m1/s1. The number of carbonyl (C=O) groups is 1. The molecule has 0 radical (unpaired) electrons. The van der Waals surface area contributed by atoms with Crippen molar-refractivity contribution in [1.82, 2.24) is 24.8 Å². The molecule has 2 atom stereocenters. The molecule has 3 aromatic rings. The second-order valence-electron chi connectivity index (χ2n) is 7.84. The van der Waals surface area contributed by atoms with Crippen molar-refractivity contribution in [3.05, 3.63) is 65.3 Å². The van der Waals surface area contributed by atoms with Crippen molar-refractivity contribution in [2.75, 3.05) is 13.2 Å². The van der Waals surface area contributed by atoms with Gasteiger partial charge in [-0.2, -0.15) is 0 Å². The number of halogens is 1. The minimum atomic E-state index is -0.134. The highest BCUT2D eigenvalue weighted by Crippen LogP contribution is 2.27. The molecule has 1 fully saturated rings. The summed E-state index contributed by atoms with van der Waals surface area (Å²) in [5, 5.41) is 0.562. The minimum absolute atomic E-state index is 0.0867. The van der Waals surface area contributed by atoms with Gasteiger partial charge in [-0.3, -0.25) is 4.79 Å². The van der Waals surface area contributed by atoms with Gasteiger partial charge in [0.05, 0.1) is 11.6 Å². The van der Waals surface area contributed by atoms with E-state index in [1.54, 1.807) is 36.8 Å². The summed E-state index contributed by atoms with van der Waals surface area (Å²) in [5.74, 6) is 1.20. The first kappa shape index (κ1) is 21.2. The van der Waals surface area contributed by atoms with E-state index in [1.165, 1.54) is 0 Å². The molecule has 3 aromatic heterocycles. The number of nitrogens with zero attached hydrogens (tertiary/aromatic N) is 5. The average molecular weight is 438 g/mol. The Bertz CT molecular complexity index is 1060. The van der Waals surface area contributed by atoms with Gasteiger partial charge < -0.3 is 9.64 Å². The normalized spacial score (nSPS) is 18.6. The first-order valence-electron chi connectivity index (χ1n) is 10.3. The highest BCUT2D eigenvalue weighted by molar-refractivity contribution is 6.30. The Balaban J connectivity index is 1.61. The molecule has 1 aliphatic rings. The predicted octanol–water partition coefficient (Wildman–Crippen LogP) is 4.22. The Morgan fingerprint density at radius 1 is 1.16 bits per heavy atom. The topological polar surface area (TPSA) is 81.1 Å².